The van der Waals surface area contributed by atoms with Gasteiger partial charge in [0.2, 0.25) is 17.6 Å². The van der Waals surface area contributed by atoms with Gasteiger partial charge in [-0.1, -0.05) is 43.5 Å². The number of rotatable bonds is 12. The molecule has 1 aliphatic carbocycles. The zero-order chi connectivity index (χ0) is 31.5. The Morgan fingerprint density at radius 2 is 1.91 bits per heavy atom. The van der Waals surface area contributed by atoms with Gasteiger partial charge < -0.3 is 30.6 Å². The van der Waals surface area contributed by atoms with Crippen LogP contribution >= 0.6 is 23.2 Å². The maximum Gasteiger partial charge on any atom is 0.289 e. The molecule has 11 nitrogen and oxygen atoms in total. The Labute approximate surface area is 266 Å². The van der Waals surface area contributed by atoms with Gasteiger partial charge in [-0.2, -0.15) is 0 Å². The van der Waals surface area contributed by atoms with E-state index in [1.807, 2.05) is 13.8 Å². The number of ether oxygens (including phenoxy) is 1. The number of benzene rings is 1. The van der Waals surface area contributed by atoms with Crippen molar-refractivity contribution in [3.63, 3.8) is 0 Å². The summed E-state index contributed by atoms with van der Waals surface area (Å²) in [7, 11) is 0. The number of hydrogen-bond acceptors (Lipinski definition) is 6. The fraction of sp³-hybridized carbons (Fsp3) is 0.581. The molecule has 3 heterocycles. The molecule has 0 radical (unpaired) electrons. The Hall–Kier alpha value is -3.15. The molecule has 0 bridgehead atoms. The van der Waals surface area contributed by atoms with Crippen molar-refractivity contribution < 1.29 is 28.7 Å². The topological polar surface area (TPSA) is 150 Å². The first kappa shape index (κ1) is 32.2. The molecule has 3 fully saturated rings. The molecule has 2 saturated heterocycles. The van der Waals surface area contributed by atoms with Crippen molar-refractivity contribution in [2.75, 3.05) is 32.8 Å². The lowest BCUT2D eigenvalue weighted by Crippen LogP contribution is -2.55. The van der Waals surface area contributed by atoms with E-state index < -0.39 is 35.6 Å². The molecular formula is C31H39Cl2N5O6. The van der Waals surface area contributed by atoms with E-state index in [-0.39, 0.29) is 48.9 Å². The van der Waals surface area contributed by atoms with Crippen molar-refractivity contribution in [3.8, 4) is 0 Å². The molecule has 5 rings (SSSR count). The molecule has 44 heavy (non-hydrogen) atoms. The summed E-state index contributed by atoms with van der Waals surface area (Å²) < 4.78 is 5.48. The van der Waals surface area contributed by atoms with Crippen LogP contribution in [0, 0.1) is 23.7 Å². The minimum Gasteiger partial charge on any atom is -0.379 e. The van der Waals surface area contributed by atoms with Crippen LogP contribution in [0.3, 0.4) is 0 Å². The highest BCUT2D eigenvalue weighted by atomic mass is 35.5. The second kappa shape index (κ2) is 13.9. The Bertz CT molecular complexity index is 1440. The third-order valence-electron chi connectivity index (χ3n) is 8.83. The van der Waals surface area contributed by atoms with Gasteiger partial charge >= 0.3 is 0 Å². The highest BCUT2D eigenvalue weighted by molar-refractivity contribution is 6.39. The van der Waals surface area contributed by atoms with Gasteiger partial charge in [0.05, 0.1) is 17.7 Å². The van der Waals surface area contributed by atoms with Gasteiger partial charge in [-0.3, -0.25) is 24.0 Å². The molecule has 13 heteroatoms. The molecule has 2 aliphatic heterocycles. The van der Waals surface area contributed by atoms with Gasteiger partial charge in [0.1, 0.15) is 11.7 Å². The summed E-state index contributed by atoms with van der Waals surface area (Å²) in [6.45, 7) is 5.78. The predicted molar refractivity (Wildman–Crippen MR) is 165 cm³/mol. The fourth-order valence-electron chi connectivity index (χ4n) is 6.72. The largest absolute Gasteiger partial charge is 0.379 e. The third-order valence-corrected chi connectivity index (χ3v) is 9.36. The number of nitrogens with one attached hydrogen (secondary N) is 4. The van der Waals surface area contributed by atoms with E-state index in [0.717, 1.165) is 19.3 Å². The molecule has 238 valence electrons. The Morgan fingerprint density at radius 3 is 2.64 bits per heavy atom. The normalized spacial score (nSPS) is 23.6. The van der Waals surface area contributed by atoms with E-state index in [2.05, 4.69) is 20.9 Å². The molecule has 3 aliphatic rings. The number of nitrogens with zero attached hydrogens (tertiary/aromatic N) is 1. The van der Waals surface area contributed by atoms with Crippen LogP contribution in [0.4, 0.5) is 0 Å². The number of aromatic amines is 1. The second-order valence-corrected chi connectivity index (χ2v) is 13.3. The SMILES string of the molecule is CC(C)COCCNC(=O)C(=O)C(CC1CCNC1=O)NC(=O)C1C2CCCC2CN1C(=O)c1cc2c(Cl)cc(Cl)cc2[nH]1. The van der Waals surface area contributed by atoms with Gasteiger partial charge in [0.25, 0.3) is 11.8 Å². The quantitative estimate of drug-likeness (QED) is 0.205. The van der Waals surface area contributed by atoms with E-state index in [9.17, 15) is 24.0 Å². The summed E-state index contributed by atoms with van der Waals surface area (Å²) in [6, 6.07) is 2.87. The van der Waals surface area contributed by atoms with Crippen LogP contribution in [0.5, 0.6) is 0 Å². The third kappa shape index (κ3) is 7.05. The zero-order valence-corrected chi connectivity index (χ0v) is 26.4. The highest BCUT2D eigenvalue weighted by Crippen LogP contribution is 2.43. The predicted octanol–water partition coefficient (Wildman–Crippen LogP) is 3.08. The first-order valence-corrected chi connectivity index (χ1v) is 16.1. The number of H-pyrrole nitrogens is 1. The number of hydrogen-bond donors (Lipinski definition) is 4. The van der Waals surface area contributed by atoms with Crippen LogP contribution in [-0.4, -0.2) is 84.2 Å². The van der Waals surface area contributed by atoms with E-state index in [0.29, 0.717) is 53.0 Å². The average molecular weight is 649 g/mol. The Kier molecular flexibility index (Phi) is 10.2. The van der Waals surface area contributed by atoms with Crippen molar-refractivity contribution in [1.82, 2.24) is 25.8 Å². The first-order valence-electron chi connectivity index (χ1n) is 15.3. The number of Topliss-reactive ketones (excluding diaryl/α,β-unsaturated/α-hetero) is 1. The summed E-state index contributed by atoms with van der Waals surface area (Å²) in [4.78, 5) is 71.1. The lowest BCUT2D eigenvalue weighted by atomic mass is 9.91. The van der Waals surface area contributed by atoms with Crippen molar-refractivity contribution >= 4 is 63.5 Å². The molecule has 4 amide bonds. The number of ketones is 1. The lowest BCUT2D eigenvalue weighted by Gasteiger charge is -2.29. The summed E-state index contributed by atoms with van der Waals surface area (Å²) >= 11 is 12.5. The molecule has 1 aromatic heterocycles. The molecule has 5 unspecified atom stereocenters. The van der Waals surface area contributed by atoms with Crippen molar-refractivity contribution in [3.05, 3.63) is 33.9 Å². The number of likely N-dealkylation sites (tertiary alicyclic amines) is 1. The molecule has 2 aromatic rings. The smallest absolute Gasteiger partial charge is 0.289 e. The number of fused-ring (bicyclic) bond motifs is 2. The number of halogens is 2. The first-order chi connectivity index (χ1) is 21.0. The minimum absolute atomic E-state index is 0.0102. The van der Waals surface area contributed by atoms with Crippen LogP contribution in [0.25, 0.3) is 10.9 Å². The van der Waals surface area contributed by atoms with Crippen LogP contribution in [0.1, 0.15) is 56.4 Å². The van der Waals surface area contributed by atoms with Crippen molar-refractivity contribution in [2.45, 2.75) is 58.0 Å². The van der Waals surface area contributed by atoms with Gasteiger partial charge in [0.15, 0.2) is 0 Å². The highest BCUT2D eigenvalue weighted by Gasteiger charge is 2.50. The Balaban J connectivity index is 1.33. The van der Waals surface area contributed by atoms with Crippen LogP contribution in [-0.2, 0) is 23.9 Å². The number of carbonyl (C=O) groups excluding carboxylic acids is 5. The van der Waals surface area contributed by atoms with E-state index in [4.69, 9.17) is 27.9 Å². The monoisotopic (exact) mass is 647 g/mol. The maximum absolute atomic E-state index is 14.0. The average Bonchev–Trinajstić information content (AvgIpc) is 3.75. The number of aromatic nitrogens is 1. The second-order valence-electron chi connectivity index (χ2n) is 12.5. The molecule has 1 saturated carbocycles. The van der Waals surface area contributed by atoms with Crippen molar-refractivity contribution in [1.29, 1.82) is 0 Å². The van der Waals surface area contributed by atoms with Crippen LogP contribution < -0.4 is 16.0 Å². The molecular weight excluding hydrogens is 609 g/mol. The summed E-state index contributed by atoms with van der Waals surface area (Å²) in [5.41, 5.74) is 0.878. The van der Waals surface area contributed by atoms with Gasteiger partial charge in [-0.15, -0.1) is 0 Å². The summed E-state index contributed by atoms with van der Waals surface area (Å²) in [6.07, 6.45) is 3.07. The number of amides is 4. The van der Waals surface area contributed by atoms with E-state index >= 15 is 0 Å². The standard InChI is InChI=1S/C31H39Cl2N5O6/c1-16(2)15-44-9-8-35-30(42)27(39)24(10-17-6-7-34-28(17)40)37-29(41)26-20-5-3-4-18(20)14-38(26)31(43)25-13-21-22(33)11-19(32)12-23(21)36-25/h11-13,16-18,20,24,26,36H,3-10,14-15H2,1-2H3,(H,34,40)(H,35,42)(H,37,41). The van der Waals surface area contributed by atoms with Gasteiger partial charge in [0, 0.05) is 48.1 Å². The van der Waals surface area contributed by atoms with E-state index in [1.54, 1.807) is 23.1 Å². The molecule has 4 N–H and O–H groups in total. The minimum atomic E-state index is -1.22. The Morgan fingerprint density at radius 1 is 1.11 bits per heavy atom. The molecule has 5 atom stereocenters. The molecule has 1 aromatic carbocycles. The van der Waals surface area contributed by atoms with Crippen LogP contribution in [0.15, 0.2) is 18.2 Å². The summed E-state index contributed by atoms with van der Waals surface area (Å²) in [5.74, 6) is -2.90. The summed E-state index contributed by atoms with van der Waals surface area (Å²) in [5, 5.41) is 9.57. The maximum atomic E-state index is 14.0. The van der Waals surface area contributed by atoms with E-state index in [1.165, 1.54) is 0 Å². The van der Waals surface area contributed by atoms with Gasteiger partial charge in [-0.25, -0.2) is 0 Å². The van der Waals surface area contributed by atoms with Gasteiger partial charge in [-0.05, 0) is 61.6 Å². The number of carbonyl (C=O) groups is 5. The fourth-order valence-corrected chi connectivity index (χ4v) is 7.27. The van der Waals surface area contributed by atoms with Crippen LogP contribution in [0.2, 0.25) is 10.0 Å². The molecule has 0 spiro atoms. The van der Waals surface area contributed by atoms with Crippen molar-refractivity contribution in [2.24, 2.45) is 23.7 Å². The lowest BCUT2D eigenvalue weighted by molar-refractivity contribution is -0.141. The zero-order valence-electron chi connectivity index (χ0n) is 24.9.